The van der Waals surface area contributed by atoms with Gasteiger partial charge >= 0.3 is 0 Å². The lowest BCUT2D eigenvalue weighted by Crippen LogP contribution is -2.46. The van der Waals surface area contributed by atoms with E-state index >= 15 is 0 Å². The number of sulfonamides is 1. The Morgan fingerprint density at radius 3 is 2.32 bits per heavy atom. The van der Waals surface area contributed by atoms with Crippen molar-refractivity contribution in [2.75, 3.05) is 26.2 Å². The predicted octanol–water partition coefficient (Wildman–Crippen LogP) is 1.41. The first-order valence-corrected chi connectivity index (χ1v) is 8.36. The molecule has 1 heterocycles. The second-order valence-electron chi connectivity index (χ2n) is 4.79. The summed E-state index contributed by atoms with van der Waals surface area (Å²) in [6, 6.07) is 5.54. The third-order valence-corrected chi connectivity index (χ3v) is 5.55. The van der Waals surface area contributed by atoms with E-state index in [2.05, 4.69) is 19.2 Å². The highest BCUT2D eigenvalue weighted by molar-refractivity contribution is 7.89. The van der Waals surface area contributed by atoms with Gasteiger partial charge in [0.05, 0.1) is 4.90 Å². The number of hydrogen-bond donors (Lipinski definition) is 1. The molecule has 0 unspecified atom stereocenters. The number of nitrogens with zero attached hydrogens (tertiary/aromatic N) is 1. The lowest BCUT2D eigenvalue weighted by atomic mass is 10.0. The van der Waals surface area contributed by atoms with Crippen LogP contribution >= 0.6 is 0 Å². The van der Waals surface area contributed by atoms with Gasteiger partial charge in [-0.25, -0.2) is 8.42 Å². The molecule has 4 nitrogen and oxygen atoms in total. The second kappa shape index (κ2) is 6.03. The van der Waals surface area contributed by atoms with Crippen LogP contribution in [0.3, 0.4) is 0 Å². The smallest absolute Gasteiger partial charge is 0.243 e. The quantitative estimate of drug-likeness (QED) is 0.908. The number of hydrogen-bond acceptors (Lipinski definition) is 3. The SMILES string of the molecule is CCc1ccc(S(=O)(=O)N2CCNCC2)cc1CC. The van der Waals surface area contributed by atoms with Crippen molar-refractivity contribution >= 4 is 10.0 Å². The van der Waals surface area contributed by atoms with E-state index in [0.29, 0.717) is 18.0 Å². The summed E-state index contributed by atoms with van der Waals surface area (Å²) in [5.74, 6) is 0. The molecule has 0 bridgehead atoms. The fraction of sp³-hybridized carbons (Fsp3) is 0.571. The van der Waals surface area contributed by atoms with Gasteiger partial charge in [-0.15, -0.1) is 0 Å². The number of aryl methyl sites for hydroxylation is 2. The minimum atomic E-state index is -3.33. The topological polar surface area (TPSA) is 49.4 Å². The molecule has 0 saturated carbocycles. The first-order chi connectivity index (χ1) is 9.09. The van der Waals surface area contributed by atoms with Crippen molar-refractivity contribution in [3.63, 3.8) is 0 Å². The van der Waals surface area contributed by atoms with Crippen LogP contribution in [0.4, 0.5) is 0 Å². The van der Waals surface area contributed by atoms with Gasteiger partial charge in [0.2, 0.25) is 10.0 Å². The van der Waals surface area contributed by atoms with Crippen molar-refractivity contribution in [1.29, 1.82) is 0 Å². The van der Waals surface area contributed by atoms with Crippen LogP contribution in [0.25, 0.3) is 0 Å². The summed E-state index contributed by atoms with van der Waals surface area (Å²) in [5, 5.41) is 3.17. The molecule has 0 radical (unpaired) electrons. The van der Waals surface area contributed by atoms with E-state index in [1.165, 1.54) is 5.56 Å². The lowest BCUT2D eigenvalue weighted by Gasteiger charge is -2.27. The van der Waals surface area contributed by atoms with E-state index in [1.54, 1.807) is 10.4 Å². The van der Waals surface area contributed by atoms with Gasteiger partial charge in [-0.1, -0.05) is 19.9 Å². The lowest BCUT2D eigenvalue weighted by molar-refractivity contribution is 0.360. The summed E-state index contributed by atoms with van der Waals surface area (Å²) in [6.45, 7) is 6.73. The van der Waals surface area contributed by atoms with Gasteiger partial charge in [0.15, 0.2) is 0 Å². The van der Waals surface area contributed by atoms with E-state index in [4.69, 9.17) is 0 Å². The largest absolute Gasteiger partial charge is 0.314 e. The Kier molecular flexibility index (Phi) is 4.60. The number of rotatable bonds is 4. The van der Waals surface area contributed by atoms with Crippen LogP contribution in [0, 0.1) is 0 Å². The molecule has 1 saturated heterocycles. The van der Waals surface area contributed by atoms with Gasteiger partial charge in [0, 0.05) is 26.2 Å². The van der Waals surface area contributed by atoms with E-state index in [0.717, 1.165) is 31.5 Å². The molecule has 1 aromatic carbocycles. The molecular formula is C14H22N2O2S. The Hall–Kier alpha value is -0.910. The molecule has 2 rings (SSSR count). The van der Waals surface area contributed by atoms with Crippen molar-refractivity contribution in [1.82, 2.24) is 9.62 Å². The molecule has 1 fully saturated rings. The predicted molar refractivity (Wildman–Crippen MR) is 76.8 cm³/mol. The highest BCUT2D eigenvalue weighted by Crippen LogP contribution is 2.21. The molecule has 19 heavy (non-hydrogen) atoms. The van der Waals surface area contributed by atoms with Crippen molar-refractivity contribution in [2.45, 2.75) is 31.6 Å². The molecule has 1 aliphatic rings. The van der Waals surface area contributed by atoms with Gasteiger partial charge in [-0.3, -0.25) is 0 Å². The highest BCUT2D eigenvalue weighted by atomic mass is 32.2. The summed E-state index contributed by atoms with van der Waals surface area (Å²) in [7, 11) is -3.33. The summed E-state index contributed by atoms with van der Waals surface area (Å²) in [6.07, 6.45) is 1.81. The Bertz CT molecular complexity index is 534. The molecule has 0 amide bonds. The van der Waals surface area contributed by atoms with Crippen LogP contribution in [0.5, 0.6) is 0 Å². The standard InChI is InChI=1S/C14H22N2O2S/c1-3-12-5-6-14(11-13(12)4-2)19(17,18)16-9-7-15-8-10-16/h5-6,11,15H,3-4,7-10H2,1-2H3. The molecule has 1 N–H and O–H groups in total. The van der Waals surface area contributed by atoms with Crippen LogP contribution in [-0.4, -0.2) is 38.9 Å². The second-order valence-corrected chi connectivity index (χ2v) is 6.73. The zero-order valence-corrected chi connectivity index (χ0v) is 12.5. The average Bonchev–Trinajstić information content (AvgIpc) is 2.47. The van der Waals surface area contributed by atoms with Crippen LogP contribution in [0.1, 0.15) is 25.0 Å². The first-order valence-electron chi connectivity index (χ1n) is 6.92. The van der Waals surface area contributed by atoms with E-state index in [1.807, 2.05) is 12.1 Å². The fourth-order valence-electron chi connectivity index (χ4n) is 2.47. The zero-order chi connectivity index (χ0) is 13.9. The molecule has 106 valence electrons. The van der Waals surface area contributed by atoms with Crippen molar-refractivity contribution in [3.05, 3.63) is 29.3 Å². The molecule has 0 aliphatic carbocycles. The monoisotopic (exact) mass is 282 g/mol. The fourth-order valence-corrected chi connectivity index (χ4v) is 3.96. The number of nitrogens with one attached hydrogen (secondary N) is 1. The van der Waals surface area contributed by atoms with Gasteiger partial charge < -0.3 is 5.32 Å². The van der Waals surface area contributed by atoms with Gasteiger partial charge in [0.25, 0.3) is 0 Å². The van der Waals surface area contributed by atoms with Crippen LogP contribution < -0.4 is 5.32 Å². The zero-order valence-electron chi connectivity index (χ0n) is 11.6. The molecular weight excluding hydrogens is 260 g/mol. The Morgan fingerprint density at radius 1 is 1.11 bits per heavy atom. The van der Waals surface area contributed by atoms with Gasteiger partial charge in [-0.05, 0) is 36.1 Å². The third kappa shape index (κ3) is 2.99. The van der Waals surface area contributed by atoms with E-state index in [9.17, 15) is 8.42 Å². The minimum Gasteiger partial charge on any atom is -0.314 e. The Balaban J connectivity index is 2.34. The normalized spacial score (nSPS) is 17.6. The molecule has 0 spiro atoms. The van der Waals surface area contributed by atoms with E-state index in [-0.39, 0.29) is 0 Å². The van der Waals surface area contributed by atoms with Crippen molar-refractivity contribution in [2.24, 2.45) is 0 Å². The maximum Gasteiger partial charge on any atom is 0.243 e. The maximum absolute atomic E-state index is 12.6. The molecule has 0 aromatic heterocycles. The third-order valence-electron chi connectivity index (χ3n) is 3.65. The molecule has 1 aromatic rings. The van der Waals surface area contributed by atoms with Gasteiger partial charge in [-0.2, -0.15) is 4.31 Å². The van der Waals surface area contributed by atoms with Crippen molar-refractivity contribution < 1.29 is 8.42 Å². The first kappa shape index (κ1) is 14.5. The summed E-state index contributed by atoms with van der Waals surface area (Å²) < 4.78 is 26.7. The Labute approximate surface area is 115 Å². The highest BCUT2D eigenvalue weighted by Gasteiger charge is 2.26. The molecule has 1 aliphatic heterocycles. The Morgan fingerprint density at radius 2 is 1.74 bits per heavy atom. The minimum absolute atomic E-state index is 0.434. The number of benzene rings is 1. The maximum atomic E-state index is 12.6. The van der Waals surface area contributed by atoms with Crippen LogP contribution in [0.15, 0.2) is 23.1 Å². The van der Waals surface area contributed by atoms with Gasteiger partial charge in [0.1, 0.15) is 0 Å². The molecule has 5 heteroatoms. The van der Waals surface area contributed by atoms with Crippen molar-refractivity contribution in [3.8, 4) is 0 Å². The molecule has 0 atom stereocenters. The summed E-state index contributed by atoms with van der Waals surface area (Å²) >= 11 is 0. The number of piperazine rings is 1. The van der Waals surface area contributed by atoms with Crippen LogP contribution in [-0.2, 0) is 22.9 Å². The summed E-state index contributed by atoms with van der Waals surface area (Å²) in [5.41, 5.74) is 2.38. The van der Waals surface area contributed by atoms with E-state index < -0.39 is 10.0 Å². The van der Waals surface area contributed by atoms with Crippen LogP contribution in [0.2, 0.25) is 0 Å². The summed E-state index contributed by atoms with van der Waals surface area (Å²) in [4.78, 5) is 0.434. The average molecular weight is 282 g/mol.